The molecule has 0 aliphatic carbocycles. The van der Waals surface area contributed by atoms with Gasteiger partial charge in [-0.25, -0.2) is 0 Å². The first-order chi connectivity index (χ1) is 6.11. The van der Waals surface area contributed by atoms with Crippen molar-refractivity contribution in [3.05, 3.63) is 0 Å². The molecule has 1 rings (SSSR count). The van der Waals surface area contributed by atoms with Crippen LogP contribution in [0.1, 0.15) is 0 Å². The lowest BCUT2D eigenvalue weighted by molar-refractivity contribution is -0.269. The molecule has 0 spiro atoms. The molecule has 1 heterocycles. The molecule has 78 valence electrons. The summed E-state index contributed by atoms with van der Waals surface area (Å²) >= 11 is 1.51. The Balaban J connectivity index is 2.66. The molecule has 0 saturated carbocycles. The van der Waals surface area contributed by atoms with E-state index in [1.807, 2.05) is 0 Å². The van der Waals surface area contributed by atoms with Crippen LogP contribution in [0.25, 0.3) is 0 Å². The first-order valence-corrected chi connectivity index (χ1v) is 4.57. The van der Waals surface area contributed by atoms with Crippen LogP contribution < -0.4 is 0 Å². The molecule has 1 saturated heterocycles. The van der Waals surface area contributed by atoms with Crippen LogP contribution >= 0.6 is 23.0 Å². The van der Waals surface area contributed by atoms with E-state index in [2.05, 4.69) is 3.07 Å². The summed E-state index contributed by atoms with van der Waals surface area (Å²) in [5.41, 5.74) is 0. The van der Waals surface area contributed by atoms with Crippen molar-refractivity contribution in [1.82, 2.24) is 0 Å². The standard InChI is InChI=1S/C6H11IO6/c7-13-6-5(11)4(10)3(9)2(1-8)12-6/h2-6,8-11H,1H2/t2-,3+,4+,5-,6-/m1/s1. The Hall–Kier alpha value is 0.490. The second kappa shape index (κ2) is 4.82. The molecule has 0 aromatic carbocycles. The van der Waals surface area contributed by atoms with E-state index in [-0.39, 0.29) is 0 Å². The smallest absolute Gasteiger partial charge is 0.197 e. The minimum Gasteiger partial charge on any atom is -0.394 e. The minimum atomic E-state index is -1.37. The normalized spacial score (nSPS) is 46.4. The summed E-state index contributed by atoms with van der Waals surface area (Å²) < 4.78 is 9.61. The average molecular weight is 306 g/mol. The third-order valence-corrected chi connectivity index (χ3v) is 2.44. The first-order valence-electron chi connectivity index (χ1n) is 3.69. The van der Waals surface area contributed by atoms with E-state index in [1.54, 1.807) is 0 Å². The molecule has 0 amide bonds. The molecule has 0 aromatic heterocycles. The second-order valence-corrected chi connectivity index (χ2v) is 3.29. The van der Waals surface area contributed by atoms with Gasteiger partial charge in [0.1, 0.15) is 47.4 Å². The van der Waals surface area contributed by atoms with Crippen molar-refractivity contribution in [2.75, 3.05) is 6.61 Å². The van der Waals surface area contributed by atoms with Crippen molar-refractivity contribution in [3.8, 4) is 0 Å². The van der Waals surface area contributed by atoms with Crippen LogP contribution in [0.5, 0.6) is 0 Å². The largest absolute Gasteiger partial charge is 0.394 e. The fraction of sp³-hybridized carbons (Fsp3) is 1.00. The van der Waals surface area contributed by atoms with Gasteiger partial charge in [0, 0.05) is 0 Å². The molecule has 0 radical (unpaired) electrons. The highest BCUT2D eigenvalue weighted by Gasteiger charge is 2.43. The van der Waals surface area contributed by atoms with E-state index in [0.29, 0.717) is 0 Å². The highest BCUT2D eigenvalue weighted by Crippen LogP contribution is 2.22. The van der Waals surface area contributed by atoms with Crippen molar-refractivity contribution >= 4 is 23.0 Å². The number of ether oxygens (including phenoxy) is 1. The average Bonchev–Trinajstić information content (AvgIpc) is 2.15. The molecule has 6 nitrogen and oxygen atoms in total. The number of hydrogen-bond donors (Lipinski definition) is 4. The molecule has 0 unspecified atom stereocenters. The van der Waals surface area contributed by atoms with Crippen LogP contribution in [-0.4, -0.2) is 57.7 Å². The van der Waals surface area contributed by atoms with E-state index < -0.39 is 37.3 Å². The van der Waals surface area contributed by atoms with Crippen LogP contribution in [-0.2, 0) is 7.80 Å². The number of aliphatic hydroxyl groups excluding tert-OH is 4. The van der Waals surface area contributed by atoms with Gasteiger partial charge in [-0.15, -0.1) is 0 Å². The van der Waals surface area contributed by atoms with E-state index in [4.69, 9.17) is 9.84 Å². The molecule has 5 atom stereocenters. The van der Waals surface area contributed by atoms with Gasteiger partial charge in [-0.05, 0) is 0 Å². The Morgan fingerprint density at radius 1 is 1.15 bits per heavy atom. The van der Waals surface area contributed by atoms with Crippen molar-refractivity contribution in [2.24, 2.45) is 0 Å². The zero-order valence-electron chi connectivity index (χ0n) is 6.58. The van der Waals surface area contributed by atoms with Crippen molar-refractivity contribution in [2.45, 2.75) is 30.7 Å². The third-order valence-electron chi connectivity index (χ3n) is 1.94. The van der Waals surface area contributed by atoms with Gasteiger partial charge in [0.25, 0.3) is 0 Å². The zero-order chi connectivity index (χ0) is 10.0. The van der Waals surface area contributed by atoms with Gasteiger partial charge in [-0.3, -0.25) is 3.07 Å². The monoisotopic (exact) mass is 306 g/mol. The Morgan fingerprint density at radius 2 is 1.77 bits per heavy atom. The van der Waals surface area contributed by atoms with E-state index in [0.717, 1.165) is 0 Å². The molecular weight excluding hydrogens is 295 g/mol. The molecule has 7 heteroatoms. The lowest BCUT2D eigenvalue weighted by atomic mass is 10.00. The molecule has 1 aliphatic rings. The second-order valence-electron chi connectivity index (χ2n) is 2.79. The number of rotatable bonds is 2. The Morgan fingerprint density at radius 3 is 2.23 bits per heavy atom. The van der Waals surface area contributed by atoms with Crippen molar-refractivity contribution in [1.29, 1.82) is 0 Å². The summed E-state index contributed by atoms with van der Waals surface area (Å²) in [6, 6.07) is 0. The van der Waals surface area contributed by atoms with E-state index in [1.165, 1.54) is 23.0 Å². The molecule has 1 fully saturated rings. The van der Waals surface area contributed by atoms with Gasteiger partial charge < -0.3 is 25.2 Å². The molecule has 1 aliphatic heterocycles. The quantitative estimate of drug-likeness (QED) is 0.447. The number of halogens is 1. The van der Waals surface area contributed by atoms with Gasteiger partial charge >= 0.3 is 0 Å². The summed E-state index contributed by atoms with van der Waals surface area (Å²) in [6.07, 6.45) is -5.95. The van der Waals surface area contributed by atoms with Gasteiger partial charge in [0.05, 0.1) is 6.61 Å². The summed E-state index contributed by atoms with van der Waals surface area (Å²) in [6.45, 7) is -0.443. The maximum atomic E-state index is 9.27. The van der Waals surface area contributed by atoms with Crippen LogP contribution in [0, 0.1) is 0 Å². The fourth-order valence-electron chi connectivity index (χ4n) is 1.14. The number of hydrogen-bond acceptors (Lipinski definition) is 6. The molecular formula is C6H11IO6. The number of aliphatic hydroxyl groups is 4. The molecule has 13 heavy (non-hydrogen) atoms. The fourth-order valence-corrected chi connectivity index (χ4v) is 1.56. The van der Waals surface area contributed by atoms with Crippen LogP contribution in [0.2, 0.25) is 0 Å². The predicted molar refractivity (Wildman–Crippen MR) is 48.9 cm³/mol. The highest BCUT2D eigenvalue weighted by atomic mass is 127. The van der Waals surface area contributed by atoms with Crippen LogP contribution in [0.15, 0.2) is 0 Å². The third kappa shape index (κ3) is 2.29. The van der Waals surface area contributed by atoms with Crippen LogP contribution in [0.3, 0.4) is 0 Å². The van der Waals surface area contributed by atoms with Crippen LogP contribution in [0.4, 0.5) is 0 Å². The summed E-state index contributed by atoms with van der Waals surface area (Å²) in [5, 5.41) is 36.6. The summed E-state index contributed by atoms with van der Waals surface area (Å²) in [7, 11) is 0. The topological polar surface area (TPSA) is 99.4 Å². The van der Waals surface area contributed by atoms with Gasteiger partial charge in [-0.1, -0.05) is 0 Å². The SMILES string of the molecule is OC[C@H]1O[C@H](OI)[C@H](O)[C@@H](O)[C@H]1O. The summed E-state index contributed by atoms with van der Waals surface area (Å²) in [5.74, 6) is 0. The minimum absolute atomic E-state index is 0.443. The Labute approximate surface area is 88.8 Å². The first kappa shape index (κ1) is 11.6. The van der Waals surface area contributed by atoms with E-state index >= 15 is 0 Å². The van der Waals surface area contributed by atoms with Gasteiger partial charge in [0.2, 0.25) is 0 Å². The summed E-state index contributed by atoms with van der Waals surface area (Å²) in [4.78, 5) is 0. The highest BCUT2D eigenvalue weighted by molar-refractivity contribution is 14.1. The molecule has 4 N–H and O–H groups in total. The Bertz CT molecular complexity index is 147. The maximum Gasteiger partial charge on any atom is 0.197 e. The lowest BCUT2D eigenvalue weighted by Crippen LogP contribution is -2.58. The molecule has 0 bridgehead atoms. The van der Waals surface area contributed by atoms with Crippen molar-refractivity contribution in [3.63, 3.8) is 0 Å². The zero-order valence-corrected chi connectivity index (χ0v) is 8.73. The lowest BCUT2D eigenvalue weighted by Gasteiger charge is -2.38. The maximum absolute atomic E-state index is 9.27. The Kier molecular flexibility index (Phi) is 4.29. The van der Waals surface area contributed by atoms with Crippen molar-refractivity contribution < 1.29 is 28.2 Å². The van der Waals surface area contributed by atoms with Gasteiger partial charge in [0.15, 0.2) is 6.29 Å². The van der Waals surface area contributed by atoms with Gasteiger partial charge in [-0.2, -0.15) is 0 Å². The van der Waals surface area contributed by atoms with E-state index in [9.17, 15) is 15.3 Å². The molecule has 0 aromatic rings. The predicted octanol–water partition coefficient (Wildman–Crippen LogP) is -1.85.